The van der Waals surface area contributed by atoms with E-state index < -0.39 is 0 Å². The van der Waals surface area contributed by atoms with E-state index >= 15 is 0 Å². The van der Waals surface area contributed by atoms with Gasteiger partial charge in [-0.05, 0) is 24.0 Å². The molecule has 0 spiro atoms. The Morgan fingerprint density at radius 3 is 2.80 bits per heavy atom. The Balaban J connectivity index is 1.65. The van der Waals surface area contributed by atoms with Gasteiger partial charge in [-0.2, -0.15) is 0 Å². The van der Waals surface area contributed by atoms with Crippen LogP contribution in [0.3, 0.4) is 0 Å². The Bertz CT molecular complexity index is 643. The second-order valence-corrected chi connectivity index (χ2v) is 5.05. The highest BCUT2D eigenvalue weighted by Crippen LogP contribution is 2.18. The highest BCUT2D eigenvalue weighted by atomic mass is 16.3. The molecule has 0 N–H and O–H groups in total. The van der Waals surface area contributed by atoms with Gasteiger partial charge in [0.2, 0.25) is 0 Å². The molecule has 0 fully saturated rings. The molecule has 4 nitrogen and oxygen atoms in total. The van der Waals surface area contributed by atoms with E-state index in [9.17, 15) is 0 Å². The molecule has 2 aromatic heterocycles. The van der Waals surface area contributed by atoms with Crippen molar-refractivity contribution >= 4 is 0 Å². The first-order chi connectivity index (χ1) is 9.81. The van der Waals surface area contributed by atoms with Crippen LogP contribution in [-0.4, -0.2) is 15.0 Å². The maximum atomic E-state index is 5.05. The molecule has 0 bridgehead atoms. The first-order valence-corrected chi connectivity index (χ1v) is 6.76. The van der Waals surface area contributed by atoms with Crippen molar-refractivity contribution in [2.45, 2.75) is 25.8 Å². The highest BCUT2D eigenvalue weighted by molar-refractivity contribution is 5.20. The molecule has 0 aliphatic rings. The second kappa shape index (κ2) is 5.74. The van der Waals surface area contributed by atoms with Crippen LogP contribution >= 0.6 is 0 Å². The summed E-state index contributed by atoms with van der Waals surface area (Å²) in [6, 6.07) is 12.4. The van der Waals surface area contributed by atoms with Crippen LogP contribution in [0.5, 0.6) is 0 Å². The topological polar surface area (TPSA) is 43.9 Å². The van der Waals surface area contributed by atoms with Crippen molar-refractivity contribution in [2.75, 3.05) is 0 Å². The Hall–Kier alpha value is -2.36. The van der Waals surface area contributed by atoms with Gasteiger partial charge in [0.1, 0.15) is 0 Å². The standard InChI is InChI=1S/C16H17N3O/c1-13(15-5-3-2-4-6-15)9-16-11-19(18-17-16)10-14-7-8-20-12-14/h2-8,11-13H,9-10H2,1H3/t13-/m0/s1. The van der Waals surface area contributed by atoms with E-state index in [0.717, 1.165) is 17.7 Å². The number of furan rings is 1. The van der Waals surface area contributed by atoms with Crippen molar-refractivity contribution in [2.24, 2.45) is 0 Å². The molecule has 1 atom stereocenters. The minimum Gasteiger partial charge on any atom is -0.472 e. The summed E-state index contributed by atoms with van der Waals surface area (Å²) in [4.78, 5) is 0. The SMILES string of the molecule is C[C@@H](Cc1cn(Cc2ccoc2)nn1)c1ccccc1. The molecule has 20 heavy (non-hydrogen) atoms. The quantitative estimate of drug-likeness (QED) is 0.712. The number of aromatic nitrogens is 3. The van der Waals surface area contributed by atoms with Crippen molar-refractivity contribution in [3.63, 3.8) is 0 Å². The monoisotopic (exact) mass is 267 g/mol. The fraction of sp³-hybridized carbons (Fsp3) is 0.250. The van der Waals surface area contributed by atoms with Crippen LogP contribution in [0.1, 0.15) is 29.7 Å². The summed E-state index contributed by atoms with van der Waals surface area (Å²) in [6.45, 7) is 2.91. The molecule has 3 rings (SSSR count). The molecule has 0 saturated heterocycles. The predicted molar refractivity (Wildman–Crippen MR) is 76.4 cm³/mol. The molecule has 3 aromatic rings. The van der Waals surface area contributed by atoms with Crippen LogP contribution in [0.4, 0.5) is 0 Å². The molecule has 0 unspecified atom stereocenters. The fourth-order valence-electron chi connectivity index (χ4n) is 2.29. The average Bonchev–Trinajstić information content (AvgIpc) is 3.12. The maximum absolute atomic E-state index is 5.05. The summed E-state index contributed by atoms with van der Waals surface area (Å²) in [6.07, 6.45) is 6.31. The number of nitrogens with zero attached hydrogens (tertiary/aromatic N) is 3. The fourth-order valence-corrected chi connectivity index (χ4v) is 2.29. The minimum atomic E-state index is 0.440. The first kappa shape index (κ1) is 12.7. The maximum Gasteiger partial charge on any atom is 0.0953 e. The van der Waals surface area contributed by atoms with Crippen molar-refractivity contribution in [1.82, 2.24) is 15.0 Å². The largest absolute Gasteiger partial charge is 0.472 e. The summed E-state index contributed by atoms with van der Waals surface area (Å²) >= 11 is 0. The zero-order valence-electron chi connectivity index (χ0n) is 11.4. The Labute approximate surface area is 118 Å². The summed E-state index contributed by atoms with van der Waals surface area (Å²) in [7, 11) is 0. The summed E-state index contributed by atoms with van der Waals surface area (Å²) < 4.78 is 6.90. The van der Waals surface area contributed by atoms with Gasteiger partial charge in [-0.15, -0.1) is 5.10 Å². The van der Waals surface area contributed by atoms with Gasteiger partial charge in [-0.25, -0.2) is 4.68 Å². The third-order valence-electron chi connectivity index (χ3n) is 3.39. The van der Waals surface area contributed by atoms with Crippen LogP contribution < -0.4 is 0 Å². The van der Waals surface area contributed by atoms with Crippen molar-refractivity contribution in [3.05, 3.63) is 71.9 Å². The molecule has 102 valence electrons. The van der Waals surface area contributed by atoms with Gasteiger partial charge in [0.15, 0.2) is 0 Å². The van der Waals surface area contributed by atoms with Crippen LogP contribution in [0.15, 0.2) is 59.5 Å². The smallest absolute Gasteiger partial charge is 0.0953 e. The van der Waals surface area contributed by atoms with Gasteiger partial charge in [0, 0.05) is 11.8 Å². The number of benzene rings is 1. The zero-order chi connectivity index (χ0) is 13.8. The van der Waals surface area contributed by atoms with E-state index in [-0.39, 0.29) is 0 Å². The van der Waals surface area contributed by atoms with Gasteiger partial charge in [-0.1, -0.05) is 42.5 Å². The van der Waals surface area contributed by atoms with E-state index in [0.29, 0.717) is 12.5 Å². The lowest BCUT2D eigenvalue weighted by molar-refractivity contribution is 0.558. The number of hydrogen-bond donors (Lipinski definition) is 0. The highest BCUT2D eigenvalue weighted by Gasteiger charge is 2.09. The molecule has 0 aliphatic heterocycles. The van der Waals surface area contributed by atoms with Gasteiger partial charge in [0.25, 0.3) is 0 Å². The first-order valence-electron chi connectivity index (χ1n) is 6.76. The molecular weight excluding hydrogens is 250 g/mol. The van der Waals surface area contributed by atoms with Gasteiger partial charge >= 0.3 is 0 Å². The van der Waals surface area contributed by atoms with Gasteiger partial charge < -0.3 is 4.42 Å². The van der Waals surface area contributed by atoms with Crippen molar-refractivity contribution < 1.29 is 4.42 Å². The third-order valence-corrected chi connectivity index (χ3v) is 3.39. The summed E-state index contributed by atoms with van der Waals surface area (Å²) in [5.41, 5.74) is 3.44. The van der Waals surface area contributed by atoms with Crippen LogP contribution in [0.2, 0.25) is 0 Å². The van der Waals surface area contributed by atoms with E-state index in [1.54, 1.807) is 12.5 Å². The van der Waals surface area contributed by atoms with Crippen LogP contribution in [-0.2, 0) is 13.0 Å². The number of hydrogen-bond acceptors (Lipinski definition) is 3. The Morgan fingerprint density at radius 2 is 2.05 bits per heavy atom. The molecule has 2 heterocycles. The lowest BCUT2D eigenvalue weighted by Gasteiger charge is -2.09. The summed E-state index contributed by atoms with van der Waals surface area (Å²) in [5, 5.41) is 8.41. The van der Waals surface area contributed by atoms with E-state index in [1.807, 2.05) is 23.0 Å². The number of rotatable bonds is 5. The molecular formula is C16H17N3O. The van der Waals surface area contributed by atoms with Crippen LogP contribution in [0, 0.1) is 0 Å². The lowest BCUT2D eigenvalue weighted by atomic mass is 9.97. The molecule has 4 heteroatoms. The summed E-state index contributed by atoms with van der Waals surface area (Å²) in [5.74, 6) is 0.440. The van der Waals surface area contributed by atoms with Gasteiger partial charge in [-0.3, -0.25) is 0 Å². The Morgan fingerprint density at radius 1 is 1.20 bits per heavy atom. The average molecular weight is 267 g/mol. The predicted octanol–water partition coefficient (Wildman–Crippen LogP) is 3.27. The molecule has 0 saturated carbocycles. The van der Waals surface area contributed by atoms with Crippen molar-refractivity contribution in [1.29, 1.82) is 0 Å². The van der Waals surface area contributed by atoms with Crippen molar-refractivity contribution in [3.8, 4) is 0 Å². The zero-order valence-corrected chi connectivity index (χ0v) is 11.4. The van der Waals surface area contributed by atoms with Crippen LogP contribution in [0.25, 0.3) is 0 Å². The minimum absolute atomic E-state index is 0.440. The molecule has 0 aliphatic carbocycles. The second-order valence-electron chi connectivity index (χ2n) is 5.05. The third kappa shape index (κ3) is 2.96. The molecule has 1 aromatic carbocycles. The normalized spacial score (nSPS) is 12.4. The lowest BCUT2D eigenvalue weighted by Crippen LogP contribution is -1.99. The molecule has 0 amide bonds. The van der Waals surface area contributed by atoms with E-state index in [2.05, 4.69) is 41.5 Å². The Kier molecular flexibility index (Phi) is 3.63. The van der Waals surface area contributed by atoms with E-state index in [1.165, 1.54) is 5.56 Å². The van der Waals surface area contributed by atoms with E-state index in [4.69, 9.17) is 4.42 Å². The van der Waals surface area contributed by atoms with Gasteiger partial charge in [0.05, 0.1) is 24.8 Å². The molecule has 0 radical (unpaired) electrons.